The summed E-state index contributed by atoms with van der Waals surface area (Å²) in [6.45, 7) is 4.44. The summed E-state index contributed by atoms with van der Waals surface area (Å²) in [6, 6.07) is 6.57. The van der Waals surface area contributed by atoms with E-state index in [2.05, 4.69) is 5.32 Å². The summed E-state index contributed by atoms with van der Waals surface area (Å²) in [6.07, 6.45) is 0.852. The van der Waals surface area contributed by atoms with Crippen LogP contribution in [-0.2, 0) is 14.3 Å². The van der Waals surface area contributed by atoms with Crippen molar-refractivity contribution in [1.29, 1.82) is 0 Å². The van der Waals surface area contributed by atoms with Crippen LogP contribution in [0, 0.1) is 5.82 Å². The van der Waals surface area contributed by atoms with E-state index >= 15 is 0 Å². The molecule has 0 spiro atoms. The molecule has 0 fully saturated rings. The van der Waals surface area contributed by atoms with Gasteiger partial charge in [0.05, 0.1) is 12.4 Å². The Morgan fingerprint density at radius 3 is 2.77 bits per heavy atom. The fraction of sp³-hybridized carbons (Fsp3) is 0.500. The topological polar surface area (TPSA) is 55.4 Å². The Morgan fingerprint density at radius 2 is 2.09 bits per heavy atom. The number of rotatable bonds is 9. The summed E-state index contributed by atoms with van der Waals surface area (Å²) in [7, 11) is 0. The monoisotopic (exact) mass is 327 g/mol. The lowest BCUT2D eigenvalue weighted by atomic mass is 10.1. The number of hydrogen-bond acceptors (Lipinski definition) is 4. The van der Waals surface area contributed by atoms with Crippen LogP contribution in [0.25, 0.3) is 0 Å². The lowest BCUT2D eigenvalue weighted by Gasteiger charge is -2.12. The summed E-state index contributed by atoms with van der Waals surface area (Å²) in [5, 5.41) is 2.65. The number of halogens is 1. The van der Waals surface area contributed by atoms with E-state index in [1.807, 2.05) is 6.92 Å². The third-order valence-corrected chi connectivity index (χ3v) is 4.18. The molecular weight excluding hydrogens is 305 g/mol. The largest absolute Gasteiger partial charge is 0.466 e. The molecule has 0 heterocycles. The number of ether oxygens (including phenoxy) is 1. The minimum absolute atomic E-state index is 0.0912. The van der Waals surface area contributed by atoms with Crippen molar-refractivity contribution in [3.8, 4) is 0 Å². The van der Waals surface area contributed by atoms with Gasteiger partial charge in [-0.25, -0.2) is 4.39 Å². The Balaban J connectivity index is 2.20. The second-order valence-corrected chi connectivity index (χ2v) is 6.06. The van der Waals surface area contributed by atoms with Gasteiger partial charge in [0, 0.05) is 23.8 Å². The molecule has 1 N–H and O–H groups in total. The SMILES string of the molecule is CCOC(=O)CCCNC(=O)CS[C@H](C)c1ccccc1F. The van der Waals surface area contributed by atoms with Gasteiger partial charge in [-0.2, -0.15) is 0 Å². The minimum atomic E-state index is -0.252. The van der Waals surface area contributed by atoms with Crippen LogP contribution in [0.1, 0.15) is 37.5 Å². The van der Waals surface area contributed by atoms with Crippen LogP contribution in [0.3, 0.4) is 0 Å². The van der Waals surface area contributed by atoms with E-state index < -0.39 is 0 Å². The molecule has 0 saturated carbocycles. The lowest BCUT2D eigenvalue weighted by Crippen LogP contribution is -2.27. The van der Waals surface area contributed by atoms with Crippen molar-refractivity contribution in [2.24, 2.45) is 0 Å². The maximum Gasteiger partial charge on any atom is 0.305 e. The number of carbonyl (C=O) groups is 2. The smallest absolute Gasteiger partial charge is 0.305 e. The van der Waals surface area contributed by atoms with Gasteiger partial charge in [-0.05, 0) is 26.3 Å². The van der Waals surface area contributed by atoms with Gasteiger partial charge in [0.15, 0.2) is 0 Å². The van der Waals surface area contributed by atoms with Crippen LogP contribution in [-0.4, -0.2) is 30.8 Å². The van der Waals surface area contributed by atoms with Crippen LogP contribution < -0.4 is 5.32 Å². The van der Waals surface area contributed by atoms with Crippen molar-refractivity contribution >= 4 is 23.6 Å². The first-order valence-electron chi connectivity index (χ1n) is 7.33. The van der Waals surface area contributed by atoms with Gasteiger partial charge in [-0.15, -0.1) is 11.8 Å². The van der Waals surface area contributed by atoms with E-state index in [-0.39, 0.29) is 28.7 Å². The minimum Gasteiger partial charge on any atom is -0.466 e. The first-order chi connectivity index (χ1) is 10.5. The molecule has 0 bridgehead atoms. The molecule has 0 unspecified atom stereocenters. The van der Waals surface area contributed by atoms with Gasteiger partial charge in [0.1, 0.15) is 5.82 Å². The van der Waals surface area contributed by atoms with Gasteiger partial charge in [0.2, 0.25) is 5.91 Å². The molecule has 0 aromatic heterocycles. The fourth-order valence-electron chi connectivity index (χ4n) is 1.84. The molecule has 1 rings (SSSR count). The number of amides is 1. The van der Waals surface area contributed by atoms with E-state index in [9.17, 15) is 14.0 Å². The normalized spacial score (nSPS) is 11.8. The zero-order valence-corrected chi connectivity index (χ0v) is 13.7. The second kappa shape index (κ2) is 10.2. The average Bonchev–Trinajstić information content (AvgIpc) is 2.50. The predicted octanol–water partition coefficient (Wildman–Crippen LogP) is 3.08. The van der Waals surface area contributed by atoms with Crippen molar-refractivity contribution < 1.29 is 18.7 Å². The van der Waals surface area contributed by atoms with Crippen LogP contribution in [0.5, 0.6) is 0 Å². The van der Waals surface area contributed by atoms with Crippen LogP contribution >= 0.6 is 11.8 Å². The summed E-state index contributed by atoms with van der Waals surface area (Å²) in [5.41, 5.74) is 0.600. The van der Waals surface area contributed by atoms with Crippen molar-refractivity contribution in [1.82, 2.24) is 5.32 Å². The Hall–Kier alpha value is -1.56. The van der Waals surface area contributed by atoms with Gasteiger partial charge >= 0.3 is 5.97 Å². The number of esters is 1. The molecule has 122 valence electrons. The van der Waals surface area contributed by atoms with Gasteiger partial charge in [-0.3, -0.25) is 9.59 Å². The highest BCUT2D eigenvalue weighted by Crippen LogP contribution is 2.29. The zero-order valence-electron chi connectivity index (χ0n) is 12.9. The van der Waals surface area contributed by atoms with E-state index in [1.165, 1.54) is 17.8 Å². The first kappa shape index (κ1) is 18.5. The van der Waals surface area contributed by atoms with Crippen molar-refractivity contribution in [2.45, 2.75) is 31.9 Å². The highest BCUT2D eigenvalue weighted by Gasteiger charge is 2.12. The van der Waals surface area contributed by atoms with Crippen LogP contribution in [0.4, 0.5) is 4.39 Å². The Labute approximate surface area is 134 Å². The van der Waals surface area contributed by atoms with E-state index in [4.69, 9.17) is 4.74 Å². The van der Waals surface area contributed by atoms with Crippen molar-refractivity contribution in [3.63, 3.8) is 0 Å². The highest BCUT2D eigenvalue weighted by atomic mass is 32.2. The Kier molecular flexibility index (Phi) is 8.58. The van der Waals surface area contributed by atoms with E-state index in [0.717, 1.165) is 0 Å². The first-order valence-corrected chi connectivity index (χ1v) is 8.37. The van der Waals surface area contributed by atoms with Crippen molar-refractivity contribution in [3.05, 3.63) is 35.6 Å². The zero-order chi connectivity index (χ0) is 16.4. The third-order valence-electron chi connectivity index (χ3n) is 2.99. The second-order valence-electron chi connectivity index (χ2n) is 4.73. The summed E-state index contributed by atoms with van der Waals surface area (Å²) in [4.78, 5) is 22.8. The number of thioether (sulfide) groups is 1. The van der Waals surface area contributed by atoms with Crippen molar-refractivity contribution in [2.75, 3.05) is 18.9 Å². The molecule has 22 heavy (non-hydrogen) atoms. The number of carbonyl (C=O) groups excluding carboxylic acids is 2. The molecule has 1 aromatic rings. The summed E-state index contributed by atoms with van der Waals surface area (Å²) in [5.74, 6) is -0.358. The maximum absolute atomic E-state index is 13.6. The number of nitrogens with one attached hydrogen (secondary N) is 1. The molecule has 1 aromatic carbocycles. The number of benzene rings is 1. The Morgan fingerprint density at radius 1 is 1.36 bits per heavy atom. The molecule has 1 atom stereocenters. The molecule has 1 amide bonds. The van der Waals surface area contributed by atoms with Crippen LogP contribution in [0.15, 0.2) is 24.3 Å². The fourth-order valence-corrected chi connectivity index (χ4v) is 2.71. The molecule has 0 radical (unpaired) electrons. The molecule has 0 saturated heterocycles. The molecule has 0 aliphatic rings. The highest BCUT2D eigenvalue weighted by molar-refractivity contribution is 8.00. The molecule has 0 aliphatic heterocycles. The quantitative estimate of drug-likeness (QED) is 0.559. The standard InChI is InChI=1S/C16H22FNO3S/c1-3-21-16(20)9-6-10-18-15(19)11-22-12(2)13-7-4-5-8-14(13)17/h4-5,7-8,12H,3,6,9-11H2,1-2H3,(H,18,19)/t12-/m1/s1. The third kappa shape index (κ3) is 6.93. The van der Waals surface area contributed by atoms with Gasteiger partial charge < -0.3 is 10.1 Å². The van der Waals surface area contributed by atoms with Crippen LogP contribution in [0.2, 0.25) is 0 Å². The molecule has 4 nitrogen and oxygen atoms in total. The van der Waals surface area contributed by atoms with E-state index in [1.54, 1.807) is 25.1 Å². The van der Waals surface area contributed by atoms with E-state index in [0.29, 0.717) is 31.6 Å². The number of hydrogen-bond donors (Lipinski definition) is 1. The summed E-state index contributed by atoms with van der Waals surface area (Å²) < 4.78 is 18.4. The van der Waals surface area contributed by atoms with Gasteiger partial charge in [0.25, 0.3) is 0 Å². The molecular formula is C16H22FNO3S. The Bertz CT molecular complexity index is 496. The molecule has 6 heteroatoms. The predicted molar refractivity (Wildman–Crippen MR) is 86.1 cm³/mol. The lowest BCUT2D eigenvalue weighted by molar-refractivity contribution is -0.143. The van der Waals surface area contributed by atoms with Gasteiger partial charge in [-0.1, -0.05) is 18.2 Å². The summed E-state index contributed by atoms with van der Waals surface area (Å²) >= 11 is 1.38. The average molecular weight is 327 g/mol. The maximum atomic E-state index is 13.6. The molecule has 0 aliphatic carbocycles.